The summed E-state index contributed by atoms with van der Waals surface area (Å²) in [6.45, 7) is 3.43. The van der Waals surface area contributed by atoms with Gasteiger partial charge in [-0.1, -0.05) is 11.8 Å². The molecule has 1 N–H and O–H groups in total. The summed E-state index contributed by atoms with van der Waals surface area (Å²) < 4.78 is 37.9. The number of thioether (sulfide) groups is 1. The fraction of sp³-hybridized carbons (Fsp3) is 0.750. The molecule has 2 aliphatic heterocycles. The molecule has 2 aliphatic rings. The summed E-state index contributed by atoms with van der Waals surface area (Å²) in [5.41, 5.74) is -0.609. The van der Waals surface area contributed by atoms with E-state index in [1.54, 1.807) is 0 Å². The number of rotatable bonds is 8. The minimum absolute atomic E-state index is 0.142. The fourth-order valence-electron chi connectivity index (χ4n) is 2.90. The lowest BCUT2D eigenvalue weighted by atomic mass is 9.98. The zero-order valence-electron chi connectivity index (χ0n) is 16.4. The molecule has 0 saturated carbocycles. The molecule has 6 atom stereocenters. The van der Waals surface area contributed by atoms with Gasteiger partial charge in [0, 0.05) is 34.3 Å². The molecule has 0 bridgehead atoms. The topological polar surface area (TPSA) is 147 Å². The van der Waals surface area contributed by atoms with Crippen LogP contribution in [0.3, 0.4) is 0 Å². The summed E-state index contributed by atoms with van der Waals surface area (Å²) in [6.07, 6.45) is -2.87. The normalized spacial score (nSPS) is 30.5. The Bertz CT molecular complexity index is 728. The Morgan fingerprint density at radius 1 is 1.14 bits per heavy atom. The highest BCUT2D eigenvalue weighted by Crippen LogP contribution is 2.44. The number of aliphatic imine (C=N–C) groups is 1. The molecule has 0 aromatic rings. The maximum atomic E-state index is 11.7. The average Bonchev–Trinajstić information content (AvgIpc) is 3.02. The van der Waals surface area contributed by atoms with Crippen molar-refractivity contribution in [1.29, 1.82) is 0 Å². The number of hydrogen-bond acceptors (Lipinski definition) is 11. The standard InChI is InChI=1S/C16H24NO10PS/c1-8(18)24-7-11-14(25-9(2)19)15(26-10(3)20)13-16(27-11)29-12(17-13)5-6-28(21,22)23-4/h11,13-16H,5-7H2,1-4H3,(H,21,22)/t11-,13?,14-,15-,16?/m1/s1. The Morgan fingerprint density at radius 3 is 2.31 bits per heavy atom. The van der Waals surface area contributed by atoms with Gasteiger partial charge in [0.15, 0.2) is 12.2 Å². The van der Waals surface area contributed by atoms with E-state index in [1.807, 2.05) is 0 Å². The van der Waals surface area contributed by atoms with Gasteiger partial charge in [-0.15, -0.1) is 0 Å². The molecule has 13 heteroatoms. The Kier molecular flexibility index (Phi) is 8.24. The number of nitrogens with zero attached hydrogens (tertiary/aromatic N) is 1. The van der Waals surface area contributed by atoms with Gasteiger partial charge in [0.2, 0.25) is 0 Å². The van der Waals surface area contributed by atoms with Gasteiger partial charge in [0.1, 0.15) is 24.2 Å². The molecule has 0 aliphatic carbocycles. The average molecular weight is 453 g/mol. The van der Waals surface area contributed by atoms with E-state index in [0.29, 0.717) is 5.04 Å². The van der Waals surface area contributed by atoms with Crippen LogP contribution in [0.5, 0.6) is 0 Å². The van der Waals surface area contributed by atoms with Crippen molar-refractivity contribution in [2.75, 3.05) is 19.9 Å². The summed E-state index contributed by atoms with van der Waals surface area (Å²) in [5.74, 6) is -1.78. The van der Waals surface area contributed by atoms with Crippen LogP contribution < -0.4 is 0 Å². The summed E-state index contributed by atoms with van der Waals surface area (Å²) in [4.78, 5) is 48.5. The van der Waals surface area contributed by atoms with Crippen LogP contribution in [0.25, 0.3) is 0 Å². The van der Waals surface area contributed by atoms with Crippen LogP contribution in [0.15, 0.2) is 4.99 Å². The van der Waals surface area contributed by atoms with Crippen LogP contribution in [0.1, 0.15) is 27.2 Å². The van der Waals surface area contributed by atoms with E-state index in [9.17, 15) is 23.8 Å². The second-order valence-electron chi connectivity index (χ2n) is 6.42. The van der Waals surface area contributed by atoms with E-state index < -0.39 is 55.3 Å². The molecule has 164 valence electrons. The molecule has 3 unspecified atom stereocenters. The first kappa shape index (κ1) is 23.8. The van der Waals surface area contributed by atoms with Crippen molar-refractivity contribution in [3.63, 3.8) is 0 Å². The molecular formula is C16H24NO10PS. The van der Waals surface area contributed by atoms with E-state index in [0.717, 1.165) is 7.11 Å². The van der Waals surface area contributed by atoms with Crippen molar-refractivity contribution in [2.24, 2.45) is 4.99 Å². The highest BCUT2D eigenvalue weighted by atomic mass is 32.2. The molecule has 1 saturated heterocycles. The lowest BCUT2D eigenvalue weighted by Crippen LogP contribution is -2.59. The van der Waals surface area contributed by atoms with Crippen LogP contribution in [-0.2, 0) is 42.4 Å². The smallest absolute Gasteiger partial charge is 0.328 e. The maximum Gasteiger partial charge on any atom is 0.328 e. The Labute approximate surface area is 172 Å². The van der Waals surface area contributed by atoms with E-state index in [4.69, 9.17) is 18.9 Å². The zero-order chi connectivity index (χ0) is 21.8. The van der Waals surface area contributed by atoms with Crippen molar-refractivity contribution >= 4 is 42.3 Å². The third-order valence-electron chi connectivity index (χ3n) is 4.11. The lowest BCUT2D eigenvalue weighted by Gasteiger charge is -2.41. The van der Waals surface area contributed by atoms with E-state index in [1.165, 1.54) is 32.5 Å². The molecular weight excluding hydrogens is 429 g/mol. The van der Waals surface area contributed by atoms with Crippen LogP contribution in [-0.4, -0.2) is 77.5 Å². The van der Waals surface area contributed by atoms with Crippen LogP contribution in [0.4, 0.5) is 0 Å². The molecule has 2 heterocycles. The van der Waals surface area contributed by atoms with Crippen molar-refractivity contribution < 1.29 is 47.3 Å². The van der Waals surface area contributed by atoms with Crippen LogP contribution in [0, 0.1) is 0 Å². The second-order valence-corrected chi connectivity index (χ2v) is 9.68. The Balaban J connectivity index is 2.24. The first-order valence-electron chi connectivity index (χ1n) is 8.76. The molecule has 1 fully saturated rings. The van der Waals surface area contributed by atoms with Gasteiger partial charge in [-0.05, 0) is 0 Å². The molecule has 2 rings (SSSR count). The number of carbonyl (C=O) groups excluding carboxylic acids is 3. The maximum absolute atomic E-state index is 11.7. The van der Waals surface area contributed by atoms with E-state index >= 15 is 0 Å². The van der Waals surface area contributed by atoms with Crippen molar-refractivity contribution in [3.05, 3.63) is 0 Å². The molecule has 0 amide bonds. The number of fused-ring (bicyclic) bond motifs is 1. The molecule has 0 aromatic heterocycles. The molecule has 0 radical (unpaired) electrons. The lowest BCUT2D eigenvalue weighted by molar-refractivity contribution is -0.208. The Morgan fingerprint density at radius 2 is 1.76 bits per heavy atom. The van der Waals surface area contributed by atoms with Gasteiger partial charge in [-0.2, -0.15) is 0 Å². The van der Waals surface area contributed by atoms with Gasteiger partial charge in [-0.3, -0.25) is 23.9 Å². The van der Waals surface area contributed by atoms with Crippen molar-refractivity contribution in [3.8, 4) is 0 Å². The molecule has 29 heavy (non-hydrogen) atoms. The van der Waals surface area contributed by atoms with Crippen molar-refractivity contribution in [2.45, 2.75) is 57.0 Å². The Hall–Kier alpha value is -1.46. The first-order valence-corrected chi connectivity index (χ1v) is 11.4. The molecule has 0 aromatic carbocycles. The minimum Gasteiger partial charge on any atom is -0.463 e. The first-order chi connectivity index (χ1) is 13.5. The number of carbonyl (C=O) groups is 3. The van der Waals surface area contributed by atoms with Gasteiger partial charge in [0.05, 0.1) is 11.2 Å². The van der Waals surface area contributed by atoms with Crippen molar-refractivity contribution in [1.82, 2.24) is 0 Å². The zero-order valence-corrected chi connectivity index (χ0v) is 18.1. The third-order valence-corrected chi connectivity index (χ3v) is 6.67. The molecule has 0 spiro atoms. The summed E-state index contributed by atoms with van der Waals surface area (Å²) in [7, 11) is -2.57. The van der Waals surface area contributed by atoms with E-state index in [2.05, 4.69) is 9.52 Å². The second kappa shape index (κ2) is 10.0. The van der Waals surface area contributed by atoms with Crippen LogP contribution in [0.2, 0.25) is 0 Å². The predicted octanol–water partition coefficient (Wildman–Crippen LogP) is 0.874. The number of hydrogen-bond donors (Lipinski definition) is 1. The third kappa shape index (κ3) is 6.78. The minimum atomic E-state index is -3.72. The number of ether oxygens (including phenoxy) is 4. The van der Waals surface area contributed by atoms with Gasteiger partial charge in [0.25, 0.3) is 0 Å². The SMILES string of the molecule is COP(=O)(O)CCC1=NC2C(O[C@H](COC(C)=O)[C@@H](OC(C)=O)[C@@H]2OC(C)=O)S1. The quantitative estimate of drug-likeness (QED) is 0.317. The van der Waals surface area contributed by atoms with Gasteiger partial charge in [-0.25, -0.2) is 0 Å². The van der Waals surface area contributed by atoms with Crippen LogP contribution >= 0.6 is 19.4 Å². The highest BCUT2D eigenvalue weighted by Gasteiger charge is 2.53. The predicted molar refractivity (Wildman–Crippen MR) is 102 cm³/mol. The fourth-order valence-corrected chi connectivity index (χ4v) is 4.95. The largest absolute Gasteiger partial charge is 0.463 e. The highest BCUT2D eigenvalue weighted by molar-refractivity contribution is 8.14. The monoisotopic (exact) mass is 453 g/mol. The summed E-state index contributed by atoms with van der Waals surface area (Å²) in [6, 6.07) is -0.697. The molecule has 11 nitrogen and oxygen atoms in total. The van der Waals surface area contributed by atoms with Gasteiger partial charge >= 0.3 is 25.5 Å². The van der Waals surface area contributed by atoms with Gasteiger partial charge < -0.3 is 28.4 Å². The van der Waals surface area contributed by atoms with E-state index in [-0.39, 0.29) is 19.2 Å². The number of esters is 3. The summed E-state index contributed by atoms with van der Waals surface area (Å²) in [5, 5.41) is 0.512. The summed E-state index contributed by atoms with van der Waals surface area (Å²) >= 11 is 1.20.